The number of hydrogen-bond acceptors (Lipinski definition) is 6. The van der Waals surface area contributed by atoms with Crippen molar-refractivity contribution < 1.29 is 17.9 Å². The fourth-order valence-electron chi connectivity index (χ4n) is 2.81. The highest BCUT2D eigenvalue weighted by Crippen LogP contribution is 2.42. The second kappa shape index (κ2) is 7.21. The first-order valence-corrected chi connectivity index (χ1v) is 10.8. The van der Waals surface area contributed by atoms with Gasteiger partial charge in [0.25, 0.3) is 10.0 Å². The van der Waals surface area contributed by atoms with Gasteiger partial charge in [-0.1, -0.05) is 36.4 Å². The monoisotopic (exact) mass is 400 g/mol. The van der Waals surface area contributed by atoms with Crippen LogP contribution < -0.4 is 4.90 Å². The van der Waals surface area contributed by atoms with Gasteiger partial charge in [-0.15, -0.1) is 4.40 Å². The van der Waals surface area contributed by atoms with Gasteiger partial charge in [0.05, 0.1) is 17.0 Å². The maximum absolute atomic E-state index is 12.3. The number of anilines is 1. The number of benzene rings is 2. The number of thioether (sulfide) groups is 1. The Bertz CT molecular complexity index is 1050. The van der Waals surface area contributed by atoms with Crippen molar-refractivity contribution >= 4 is 44.7 Å². The number of carbonyl (C=O) groups is 1. The van der Waals surface area contributed by atoms with Gasteiger partial charge in [-0.2, -0.15) is 0 Å². The van der Waals surface area contributed by atoms with Crippen LogP contribution in [0.25, 0.3) is 6.08 Å². The first-order valence-electron chi connectivity index (χ1n) is 8.33. The molecule has 2 aromatic carbocycles. The lowest BCUT2D eigenvalue weighted by Crippen LogP contribution is -2.35. The smallest absolute Gasteiger partial charge is 0.338 e. The summed E-state index contributed by atoms with van der Waals surface area (Å²) in [5, 5.41) is 0.438. The summed E-state index contributed by atoms with van der Waals surface area (Å²) >= 11 is 1.25. The maximum atomic E-state index is 12.3. The highest BCUT2D eigenvalue weighted by Gasteiger charge is 2.33. The van der Waals surface area contributed by atoms with E-state index in [9.17, 15) is 13.2 Å². The average Bonchev–Trinajstić information content (AvgIpc) is 3.01. The maximum Gasteiger partial charge on any atom is 0.338 e. The lowest BCUT2D eigenvalue weighted by molar-refractivity contribution is 0.0550. The van der Waals surface area contributed by atoms with Crippen LogP contribution in [0.2, 0.25) is 0 Å². The van der Waals surface area contributed by atoms with E-state index in [-0.39, 0.29) is 12.4 Å². The molecular formula is C19H16N2O4S2. The Hall–Kier alpha value is -2.58. The summed E-state index contributed by atoms with van der Waals surface area (Å²) in [6, 6.07) is 15.0. The molecular weight excluding hydrogens is 384 g/mol. The predicted molar refractivity (Wildman–Crippen MR) is 107 cm³/mol. The second-order valence-electron chi connectivity index (χ2n) is 6.01. The topological polar surface area (TPSA) is 76.0 Å². The number of nitrogens with zero attached hydrogens (tertiary/aromatic N) is 2. The fourth-order valence-corrected chi connectivity index (χ4v) is 5.11. The third-order valence-electron chi connectivity index (χ3n) is 4.13. The molecule has 0 aromatic heterocycles. The summed E-state index contributed by atoms with van der Waals surface area (Å²) in [6.07, 6.45) is 3.68. The SMILES string of the molecule is O=C(OC/C=C/c1ccccc1)c1ccc2c(c1)SC1=NS(=O)(=O)CCN12. The summed E-state index contributed by atoms with van der Waals surface area (Å²) in [5.74, 6) is -0.427. The van der Waals surface area contributed by atoms with Gasteiger partial charge in [0.15, 0.2) is 5.17 Å². The van der Waals surface area contributed by atoms with E-state index in [0.717, 1.165) is 16.1 Å². The largest absolute Gasteiger partial charge is 0.458 e. The summed E-state index contributed by atoms with van der Waals surface area (Å²) in [5.41, 5.74) is 2.33. The minimum Gasteiger partial charge on any atom is -0.458 e. The second-order valence-corrected chi connectivity index (χ2v) is 8.77. The molecule has 0 aliphatic carbocycles. The lowest BCUT2D eigenvalue weighted by Gasteiger charge is -2.22. The van der Waals surface area contributed by atoms with Crippen LogP contribution in [0.3, 0.4) is 0 Å². The molecule has 27 heavy (non-hydrogen) atoms. The van der Waals surface area contributed by atoms with E-state index in [4.69, 9.17) is 4.74 Å². The molecule has 2 aliphatic rings. The molecule has 0 fully saturated rings. The molecule has 4 rings (SSSR count). The molecule has 0 amide bonds. The van der Waals surface area contributed by atoms with Crippen LogP contribution in [0.5, 0.6) is 0 Å². The van der Waals surface area contributed by atoms with Crippen molar-refractivity contribution in [3.05, 3.63) is 65.7 Å². The first kappa shape index (κ1) is 17.8. The normalized spacial score (nSPS) is 17.3. The summed E-state index contributed by atoms with van der Waals surface area (Å²) < 4.78 is 32.4. The molecule has 2 aromatic rings. The first-order chi connectivity index (χ1) is 13.0. The van der Waals surface area contributed by atoms with Gasteiger partial charge in [-0.05, 0) is 41.6 Å². The summed E-state index contributed by atoms with van der Waals surface area (Å²) in [4.78, 5) is 14.9. The van der Waals surface area contributed by atoms with E-state index in [1.165, 1.54) is 11.8 Å². The number of sulfonamides is 1. The molecule has 138 valence electrons. The van der Waals surface area contributed by atoms with Gasteiger partial charge in [0.1, 0.15) is 6.61 Å². The van der Waals surface area contributed by atoms with Gasteiger partial charge >= 0.3 is 5.97 Å². The third-order valence-corrected chi connectivity index (χ3v) is 6.44. The zero-order valence-corrected chi connectivity index (χ0v) is 15.9. The Morgan fingerprint density at radius 2 is 2.04 bits per heavy atom. The van der Waals surface area contributed by atoms with Crippen molar-refractivity contribution in [3.63, 3.8) is 0 Å². The van der Waals surface area contributed by atoms with Crippen LogP contribution in [-0.2, 0) is 14.8 Å². The highest BCUT2D eigenvalue weighted by atomic mass is 32.2. The standard InChI is InChI=1S/C19H16N2O4S2/c22-18(25-11-4-7-14-5-2-1-3-6-14)15-8-9-16-17(13-15)26-19-20-27(23,24)12-10-21(16)19/h1-9,13H,10-12H2/b7-4+. The molecule has 0 unspecified atom stereocenters. The number of fused-ring (bicyclic) bond motifs is 3. The third kappa shape index (κ3) is 3.91. The van der Waals surface area contributed by atoms with Gasteiger partial charge in [0.2, 0.25) is 0 Å². The van der Waals surface area contributed by atoms with E-state index in [2.05, 4.69) is 4.40 Å². The quantitative estimate of drug-likeness (QED) is 0.734. The number of amidine groups is 1. The van der Waals surface area contributed by atoms with Gasteiger partial charge < -0.3 is 9.64 Å². The number of rotatable bonds is 4. The van der Waals surface area contributed by atoms with Gasteiger partial charge in [-0.3, -0.25) is 0 Å². The van der Waals surface area contributed by atoms with Gasteiger partial charge in [-0.25, -0.2) is 13.2 Å². The van der Waals surface area contributed by atoms with Crippen molar-refractivity contribution in [2.24, 2.45) is 4.40 Å². The number of esters is 1. The van der Waals surface area contributed by atoms with Crippen LogP contribution in [-0.4, -0.2) is 38.5 Å². The molecule has 8 heteroatoms. The lowest BCUT2D eigenvalue weighted by atomic mass is 10.2. The van der Waals surface area contributed by atoms with E-state index in [1.54, 1.807) is 24.3 Å². The van der Waals surface area contributed by atoms with Crippen LogP contribution in [0.4, 0.5) is 5.69 Å². The molecule has 0 atom stereocenters. The van der Waals surface area contributed by atoms with E-state index in [1.807, 2.05) is 41.3 Å². The average molecular weight is 400 g/mol. The molecule has 6 nitrogen and oxygen atoms in total. The van der Waals surface area contributed by atoms with Crippen molar-refractivity contribution in [2.75, 3.05) is 23.8 Å². The molecule has 2 heterocycles. The highest BCUT2D eigenvalue weighted by molar-refractivity contribution is 8.15. The van der Waals surface area contributed by atoms with E-state index in [0.29, 0.717) is 17.3 Å². The molecule has 0 N–H and O–H groups in total. The number of hydrogen-bond donors (Lipinski definition) is 0. The van der Waals surface area contributed by atoms with E-state index >= 15 is 0 Å². The molecule has 0 saturated carbocycles. The molecule has 0 spiro atoms. The molecule has 0 bridgehead atoms. The minimum absolute atomic E-state index is 0.00591. The van der Waals surface area contributed by atoms with E-state index < -0.39 is 16.0 Å². The summed E-state index contributed by atoms with van der Waals surface area (Å²) in [7, 11) is -3.39. The molecule has 0 radical (unpaired) electrons. The molecule has 2 aliphatic heterocycles. The number of ether oxygens (including phenoxy) is 1. The molecule has 0 saturated heterocycles. The summed E-state index contributed by atoms with van der Waals surface area (Å²) in [6.45, 7) is 0.546. The zero-order chi connectivity index (χ0) is 18.9. The van der Waals surface area contributed by atoms with Gasteiger partial charge in [0, 0.05) is 11.4 Å². The van der Waals surface area contributed by atoms with Crippen molar-refractivity contribution in [3.8, 4) is 0 Å². The van der Waals surface area contributed by atoms with Crippen molar-refractivity contribution in [1.82, 2.24) is 0 Å². The van der Waals surface area contributed by atoms with Crippen LogP contribution in [0.1, 0.15) is 15.9 Å². The fraction of sp³-hybridized carbons (Fsp3) is 0.158. The Balaban J connectivity index is 1.43. The van der Waals surface area contributed by atoms with Crippen LogP contribution >= 0.6 is 11.8 Å². The van der Waals surface area contributed by atoms with Crippen molar-refractivity contribution in [1.29, 1.82) is 0 Å². The Labute approximate surface area is 161 Å². The van der Waals surface area contributed by atoms with Crippen molar-refractivity contribution in [2.45, 2.75) is 4.90 Å². The Kier molecular flexibility index (Phi) is 4.75. The zero-order valence-electron chi connectivity index (χ0n) is 14.2. The predicted octanol–water partition coefficient (Wildman–Crippen LogP) is 3.17. The number of carbonyl (C=O) groups excluding carboxylic acids is 1. The van der Waals surface area contributed by atoms with Crippen LogP contribution in [0.15, 0.2) is 63.9 Å². The Morgan fingerprint density at radius 1 is 1.22 bits per heavy atom. The minimum atomic E-state index is -3.39. The Morgan fingerprint density at radius 3 is 2.85 bits per heavy atom. The van der Waals surface area contributed by atoms with Crippen LogP contribution in [0, 0.1) is 0 Å².